The van der Waals surface area contributed by atoms with Crippen molar-refractivity contribution >= 4 is 35.0 Å². The molecule has 0 saturated heterocycles. The Hall–Kier alpha value is -2.47. The van der Waals surface area contributed by atoms with Gasteiger partial charge in [-0.05, 0) is 49.4 Å². The standard InChI is InChI=1S/C17H18N2O3S/c1-2-22-17(21)12-6-8-14(9-7-12)19-16(20)11-23-15-5-3-4-13(18)10-15/h3-10H,2,11,18H2,1H3,(H,19,20). The lowest BCUT2D eigenvalue weighted by Crippen LogP contribution is -2.14. The Morgan fingerprint density at radius 3 is 2.57 bits per heavy atom. The van der Waals surface area contributed by atoms with Crippen molar-refractivity contribution in [2.75, 3.05) is 23.4 Å². The summed E-state index contributed by atoms with van der Waals surface area (Å²) in [5, 5.41) is 2.78. The molecule has 120 valence electrons. The largest absolute Gasteiger partial charge is 0.462 e. The predicted molar refractivity (Wildman–Crippen MR) is 92.6 cm³/mol. The molecule has 2 aromatic rings. The second kappa shape index (κ2) is 8.24. The third-order valence-electron chi connectivity index (χ3n) is 2.91. The van der Waals surface area contributed by atoms with Gasteiger partial charge in [0.1, 0.15) is 0 Å². The molecule has 0 aliphatic rings. The molecule has 0 radical (unpaired) electrons. The first-order valence-corrected chi connectivity index (χ1v) is 8.12. The number of amides is 1. The Bertz CT molecular complexity index is 686. The number of nitrogen functional groups attached to an aromatic ring is 1. The highest BCUT2D eigenvalue weighted by atomic mass is 32.2. The summed E-state index contributed by atoms with van der Waals surface area (Å²) in [5.74, 6) is -0.216. The van der Waals surface area contributed by atoms with Crippen LogP contribution in [0.3, 0.4) is 0 Å². The van der Waals surface area contributed by atoms with Crippen molar-refractivity contribution < 1.29 is 14.3 Å². The zero-order valence-corrected chi connectivity index (χ0v) is 13.6. The second-order valence-corrected chi connectivity index (χ2v) is 5.76. The molecule has 0 fully saturated rings. The van der Waals surface area contributed by atoms with Crippen LogP contribution in [-0.2, 0) is 9.53 Å². The normalized spacial score (nSPS) is 10.1. The number of nitrogens with two attached hydrogens (primary N) is 1. The molecule has 0 aliphatic carbocycles. The fraction of sp³-hybridized carbons (Fsp3) is 0.176. The average Bonchev–Trinajstić information content (AvgIpc) is 2.54. The van der Waals surface area contributed by atoms with E-state index < -0.39 is 0 Å². The van der Waals surface area contributed by atoms with E-state index in [0.717, 1.165) is 4.90 Å². The van der Waals surface area contributed by atoms with Crippen molar-refractivity contribution in [1.29, 1.82) is 0 Å². The number of esters is 1. The van der Waals surface area contributed by atoms with Gasteiger partial charge in [0, 0.05) is 16.3 Å². The van der Waals surface area contributed by atoms with Crippen molar-refractivity contribution in [3.05, 3.63) is 54.1 Å². The van der Waals surface area contributed by atoms with E-state index in [2.05, 4.69) is 5.32 Å². The number of ether oxygens (including phenoxy) is 1. The highest BCUT2D eigenvalue weighted by molar-refractivity contribution is 8.00. The molecule has 0 aromatic heterocycles. The molecule has 0 heterocycles. The van der Waals surface area contributed by atoms with E-state index in [1.54, 1.807) is 37.3 Å². The molecule has 0 atom stereocenters. The molecule has 2 rings (SSSR count). The number of benzene rings is 2. The minimum absolute atomic E-state index is 0.124. The van der Waals surface area contributed by atoms with E-state index in [-0.39, 0.29) is 17.6 Å². The number of thioether (sulfide) groups is 1. The van der Waals surface area contributed by atoms with E-state index in [4.69, 9.17) is 10.5 Å². The minimum atomic E-state index is -0.373. The number of anilines is 2. The Balaban J connectivity index is 1.86. The molecular weight excluding hydrogens is 312 g/mol. The molecular formula is C17H18N2O3S. The van der Waals surface area contributed by atoms with E-state index >= 15 is 0 Å². The van der Waals surface area contributed by atoms with E-state index in [1.807, 2.05) is 18.2 Å². The third-order valence-corrected chi connectivity index (χ3v) is 3.90. The highest BCUT2D eigenvalue weighted by Gasteiger charge is 2.07. The Labute approximate surface area is 139 Å². The van der Waals surface area contributed by atoms with Crippen LogP contribution in [0.15, 0.2) is 53.4 Å². The van der Waals surface area contributed by atoms with Gasteiger partial charge in [-0.1, -0.05) is 6.07 Å². The van der Waals surface area contributed by atoms with Crippen molar-refractivity contribution in [2.45, 2.75) is 11.8 Å². The van der Waals surface area contributed by atoms with Crippen LogP contribution in [0.1, 0.15) is 17.3 Å². The molecule has 0 unspecified atom stereocenters. The van der Waals surface area contributed by atoms with Crippen molar-refractivity contribution in [3.8, 4) is 0 Å². The Morgan fingerprint density at radius 1 is 1.17 bits per heavy atom. The molecule has 0 spiro atoms. The van der Waals surface area contributed by atoms with Gasteiger partial charge in [-0.3, -0.25) is 4.79 Å². The molecule has 3 N–H and O–H groups in total. The van der Waals surface area contributed by atoms with Gasteiger partial charge in [0.2, 0.25) is 5.91 Å². The SMILES string of the molecule is CCOC(=O)c1ccc(NC(=O)CSc2cccc(N)c2)cc1. The molecule has 6 heteroatoms. The smallest absolute Gasteiger partial charge is 0.338 e. The molecule has 0 saturated carbocycles. The summed E-state index contributed by atoms with van der Waals surface area (Å²) in [6.07, 6.45) is 0. The first kappa shape index (κ1) is 16.9. The van der Waals surface area contributed by atoms with Crippen molar-refractivity contribution in [3.63, 3.8) is 0 Å². The van der Waals surface area contributed by atoms with Gasteiger partial charge in [-0.15, -0.1) is 11.8 Å². The van der Waals surface area contributed by atoms with Gasteiger partial charge < -0.3 is 15.8 Å². The zero-order valence-electron chi connectivity index (χ0n) is 12.7. The van der Waals surface area contributed by atoms with E-state index in [0.29, 0.717) is 23.5 Å². The van der Waals surface area contributed by atoms with Gasteiger partial charge in [-0.25, -0.2) is 4.79 Å². The van der Waals surface area contributed by atoms with Crippen LogP contribution in [0, 0.1) is 0 Å². The van der Waals surface area contributed by atoms with Gasteiger partial charge in [0.25, 0.3) is 0 Å². The number of hydrogen-bond acceptors (Lipinski definition) is 5. The van der Waals surface area contributed by atoms with Gasteiger partial charge >= 0.3 is 5.97 Å². The molecule has 1 amide bonds. The summed E-state index contributed by atoms with van der Waals surface area (Å²) in [6.45, 7) is 2.09. The first-order valence-electron chi connectivity index (χ1n) is 7.14. The van der Waals surface area contributed by atoms with Gasteiger partial charge in [-0.2, -0.15) is 0 Å². The van der Waals surface area contributed by atoms with Gasteiger partial charge in [0.05, 0.1) is 17.9 Å². The molecule has 0 aliphatic heterocycles. The third kappa shape index (κ3) is 5.34. The highest BCUT2D eigenvalue weighted by Crippen LogP contribution is 2.20. The molecule has 5 nitrogen and oxygen atoms in total. The summed E-state index contributed by atoms with van der Waals surface area (Å²) in [4.78, 5) is 24.4. The lowest BCUT2D eigenvalue weighted by Gasteiger charge is -2.07. The number of carbonyl (C=O) groups excluding carboxylic acids is 2. The Morgan fingerprint density at radius 2 is 1.91 bits per heavy atom. The van der Waals surface area contributed by atoms with Crippen LogP contribution in [0.5, 0.6) is 0 Å². The number of hydrogen-bond donors (Lipinski definition) is 2. The number of rotatable bonds is 6. The number of nitrogens with one attached hydrogen (secondary N) is 1. The monoisotopic (exact) mass is 330 g/mol. The average molecular weight is 330 g/mol. The quantitative estimate of drug-likeness (QED) is 0.483. The summed E-state index contributed by atoms with van der Waals surface area (Å²) >= 11 is 1.41. The summed E-state index contributed by atoms with van der Waals surface area (Å²) in [7, 11) is 0. The lowest BCUT2D eigenvalue weighted by molar-refractivity contribution is -0.113. The lowest BCUT2D eigenvalue weighted by atomic mass is 10.2. The fourth-order valence-electron chi connectivity index (χ4n) is 1.85. The van der Waals surface area contributed by atoms with E-state index in [1.165, 1.54) is 11.8 Å². The van der Waals surface area contributed by atoms with Crippen LogP contribution in [0.2, 0.25) is 0 Å². The summed E-state index contributed by atoms with van der Waals surface area (Å²) in [5.41, 5.74) is 7.46. The Kier molecular flexibility index (Phi) is 6.05. The summed E-state index contributed by atoms with van der Waals surface area (Å²) < 4.78 is 4.91. The zero-order chi connectivity index (χ0) is 16.7. The van der Waals surface area contributed by atoms with Crippen LogP contribution < -0.4 is 11.1 Å². The molecule has 2 aromatic carbocycles. The minimum Gasteiger partial charge on any atom is -0.462 e. The fourth-order valence-corrected chi connectivity index (χ4v) is 2.62. The van der Waals surface area contributed by atoms with Crippen molar-refractivity contribution in [2.24, 2.45) is 0 Å². The molecule has 23 heavy (non-hydrogen) atoms. The van der Waals surface area contributed by atoms with Crippen LogP contribution in [-0.4, -0.2) is 24.2 Å². The maximum Gasteiger partial charge on any atom is 0.338 e. The maximum absolute atomic E-state index is 11.9. The maximum atomic E-state index is 11.9. The second-order valence-electron chi connectivity index (χ2n) is 4.71. The predicted octanol–water partition coefficient (Wildman–Crippen LogP) is 3.18. The first-order chi connectivity index (χ1) is 11.1. The number of carbonyl (C=O) groups is 2. The van der Waals surface area contributed by atoms with Crippen LogP contribution in [0.4, 0.5) is 11.4 Å². The van der Waals surface area contributed by atoms with Gasteiger partial charge in [0.15, 0.2) is 0 Å². The van der Waals surface area contributed by atoms with E-state index in [9.17, 15) is 9.59 Å². The topological polar surface area (TPSA) is 81.4 Å². The summed E-state index contributed by atoms with van der Waals surface area (Å²) in [6, 6.07) is 14.0. The van der Waals surface area contributed by atoms with Crippen LogP contribution >= 0.6 is 11.8 Å². The van der Waals surface area contributed by atoms with Crippen LogP contribution in [0.25, 0.3) is 0 Å². The van der Waals surface area contributed by atoms with Crippen molar-refractivity contribution in [1.82, 2.24) is 0 Å². The molecule has 0 bridgehead atoms.